The number of para-hydroxylation sites is 1. The number of carbonyl (C=O) groups excluding carboxylic acids is 4. The Hall–Kier alpha value is -3.63. The maximum Gasteiger partial charge on any atom is 0.303 e. The van der Waals surface area contributed by atoms with Crippen LogP contribution < -0.4 is 27.0 Å². The second kappa shape index (κ2) is 19.3. The molecule has 0 spiro atoms. The lowest BCUT2D eigenvalue weighted by Gasteiger charge is -2.31. The van der Waals surface area contributed by atoms with E-state index < -0.39 is 78.7 Å². The molecule has 1 rings (SSSR count). The van der Waals surface area contributed by atoms with Gasteiger partial charge in [0.25, 0.3) is 11.9 Å². The number of benzene rings is 1. The van der Waals surface area contributed by atoms with Crippen LogP contribution >= 0.6 is 0 Å². The molecule has 0 saturated heterocycles. The van der Waals surface area contributed by atoms with Crippen molar-refractivity contribution in [3.8, 4) is 0 Å². The van der Waals surface area contributed by atoms with Crippen LogP contribution in [0.1, 0.15) is 79.2 Å². The predicted octanol–water partition coefficient (Wildman–Crippen LogP) is -0.0560. The molecule has 266 valence electrons. The van der Waals surface area contributed by atoms with Crippen LogP contribution in [0.5, 0.6) is 0 Å². The van der Waals surface area contributed by atoms with Gasteiger partial charge in [0.2, 0.25) is 17.7 Å². The molecule has 0 fully saturated rings. The second-order valence-corrected chi connectivity index (χ2v) is 12.7. The Morgan fingerprint density at radius 2 is 1.47 bits per heavy atom. The molecule has 0 saturated carbocycles. The molecule has 4 amide bonds. The highest BCUT2D eigenvalue weighted by molar-refractivity contribution is 5.95. The first kappa shape index (κ1) is 41.4. The van der Waals surface area contributed by atoms with E-state index in [1.54, 1.807) is 52.8 Å². The number of nitrogens with one attached hydrogen (secondary N) is 4. The quantitative estimate of drug-likeness (QED) is 0.0824. The number of aliphatic hydroxyl groups excluding tert-OH is 1. The van der Waals surface area contributed by atoms with Crippen molar-refractivity contribution in [2.24, 2.45) is 23.5 Å². The van der Waals surface area contributed by atoms with Gasteiger partial charge in [-0.15, -0.1) is 0 Å². The third-order valence-corrected chi connectivity index (χ3v) is 7.85. The molecule has 0 bridgehead atoms. The average molecular weight is 668 g/mol. The minimum Gasteiger partial charge on any atom is -0.481 e. The Balaban J connectivity index is 3.04. The number of aliphatic carboxylic acids is 1. The van der Waals surface area contributed by atoms with Crippen LogP contribution in [0, 0.1) is 17.8 Å². The molecule has 6 atom stereocenters. The molecule has 0 heterocycles. The van der Waals surface area contributed by atoms with E-state index in [9.17, 15) is 44.4 Å². The number of nitrogens with two attached hydrogens (primary N) is 1. The van der Waals surface area contributed by atoms with Crippen molar-refractivity contribution >= 4 is 35.3 Å². The summed E-state index contributed by atoms with van der Waals surface area (Å²) in [5.41, 5.74) is 6.77. The van der Waals surface area contributed by atoms with E-state index in [2.05, 4.69) is 21.3 Å². The number of rotatable bonds is 20. The summed E-state index contributed by atoms with van der Waals surface area (Å²) in [7, 11) is 0. The molecule has 0 aromatic heterocycles. The molecule has 0 aliphatic carbocycles. The van der Waals surface area contributed by atoms with E-state index in [0.717, 1.165) is 0 Å². The maximum atomic E-state index is 13.4. The summed E-state index contributed by atoms with van der Waals surface area (Å²) in [4.78, 5) is 63.1. The third kappa shape index (κ3) is 14.3. The molecule has 0 radical (unpaired) electrons. The number of carboxylic acid groups (broad SMARTS) is 1. The lowest BCUT2D eigenvalue weighted by Crippen LogP contribution is -2.61. The lowest BCUT2D eigenvalue weighted by molar-refractivity contribution is -0.327. The molecule has 1 aromatic rings. The summed E-state index contributed by atoms with van der Waals surface area (Å²) in [6, 6.07) is 1.54. The van der Waals surface area contributed by atoms with Gasteiger partial charge in [-0.3, -0.25) is 24.0 Å². The number of amides is 4. The van der Waals surface area contributed by atoms with Crippen molar-refractivity contribution in [3.63, 3.8) is 0 Å². The molecular formula is C32H53N5O10. The average Bonchev–Trinajstić information content (AvgIpc) is 2.98. The Labute approximate surface area is 275 Å². The fourth-order valence-corrected chi connectivity index (χ4v) is 4.63. The van der Waals surface area contributed by atoms with Gasteiger partial charge >= 0.3 is 5.97 Å². The lowest BCUT2D eigenvalue weighted by atomic mass is 9.95. The minimum absolute atomic E-state index is 0.110. The predicted molar refractivity (Wildman–Crippen MR) is 173 cm³/mol. The minimum atomic E-state index is -3.46. The Morgan fingerprint density at radius 3 is 2.00 bits per heavy atom. The van der Waals surface area contributed by atoms with Gasteiger partial charge in [-0.2, -0.15) is 0 Å². The fourth-order valence-electron chi connectivity index (χ4n) is 4.63. The Bertz CT molecular complexity index is 1200. The van der Waals surface area contributed by atoms with Crippen LogP contribution in [0.4, 0.5) is 5.69 Å². The number of hydrogen-bond acceptors (Lipinski definition) is 10. The van der Waals surface area contributed by atoms with Gasteiger partial charge < -0.3 is 52.5 Å². The summed E-state index contributed by atoms with van der Waals surface area (Å²) >= 11 is 0. The first-order chi connectivity index (χ1) is 21.8. The number of carbonyl (C=O) groups is 5. The molecule has 0 aliphatic rings. The van der Waals surface area contributed by atoms with Gasteiger partial charge in [0.05, 0.1) is 6.04 Å². The van der Waals surface area contributed by atoms with E-state index in [4.69, 9.17) is 10.8 Å². The van der Waals surface area contributed by atoms with Crippen LogP contribution in [0.25, 0.3) is 0 Å². The molecule has 2 unspecified atom stereocenters. The fraction of sp³-hybridized carbons (Fsp3) is 0.656. The molecule has 47 heavy (non-hydrogen) atoms. The van der Waals surface area contributed by atoms with Crippen LogP contribution in [-0.2, 0) is 30.4 Å². The zero-order chi connectivity index (χ0) is 36.1. The highest BCUT2D eigenvalue weighted by atomic mass is 16.7. The van der Waals surface area contributed by atoms with E-state index in [1.807, 2.05) is 6.92 Å². The topological polar surface area (TPSA) is 261 Å². The zero-order valence-corrected chi connectivity index (χ0v) is 28.0. The number of hydrogen-bond donors (Lipinski definition) is 10. The van der Waals surface area contributed by atoms with Crippen LogP contribution in [0.15, 0.2) is 24.3 Å². The zero-order valence-electron chi connectivity index (χ0n) is 28.0. The summed E-state index contributed by atoms with van der Waals surface area (Å²) in [6.45, 7) is 10.7. The largest absolute Gasteiger partial charge is 0.481 e. The van der Waals surface area contributed by atoms with Crippen molar-refractivity contribution in [2.45, 2.75) is 116 Å². The van der Waals surface area contributed by atoms with Crippen molar-refractivity contribution < 1.29 is 49.5 Å². The third-order valence-electron chi connectivity index (χ3n) is 7.85. The normalized spacial score (nSPS) is 15.6. The molecule has 0 aliphatic heterocycles. The van der Waals surface area contributed by atoms with Gasteiger partial charge in [0.15, 0.2) is 0 Å². The van der Waals surface area contributed by atoms with Crippen LogP contribution in [0.2, 0.25) is 0 Å². The van der Waals surface area contributed by atoms with E-state index in [-0.39, 0.29) is 42.7 Å². The molecule has 15 nitrogen and oxygen atoms in total. The van der Waals surface area contributed by atoms with Crippen molar-refractivity contribution in [1.82, 2.24) is 16.0 Å². The van der Waals surface area contributed by atoms with Gasteiger partial charge in [-0.25, -0.2) is 0 Å². The van der Waals surface area contributed by atoms with Gasteiger partial charge in [-0.1, -0.05) is 66.2 Å². The summed E-state index contributed by atoms with van der Waals surface area (Å²) in [6.07, 6.45) is -2.06. The molecular weight excluding hydrogens is 614 g/mol. The van der Waals surface area contributed by atoms with Crippen molar-refractivity contribution in [3.05, 3.63) is 29.8 Å². The highest BCUT2D eigenvalue weighted by Gasteiger charge is 2.37. The molecule has 1 aromatic carbocycles. The first-order valence-electron chi connectivity index (χ1n) is 15.9. The monoisotopic (exact) mass is 667 g/mol. The van der Waals surface area contributed by atoms with Crippen LogP contribution in [-0.4, -0.2) is 91.4 Å². The van der Waals surface area contributed by atoms with Crippen molar-refractivity contribution in [2.75, 3.05) is 5.32 Å². The van der Waals surface area contributed by atoms with Gasteiger partial charge in [0, 0.05) is 12.1 Å². The molecule has 15 heteroatoms. The first-order valence-corrected chi connectivity index (χ1v) is 15.9. The Morgan fingerprint density at radius 1 is 0.851 bits per heavy atom. The summed E-state index contributed by atoms with van der Waals surface area (Å²) in [5, 5.41) is 59.6. The van der Waals surface area contributed by atoms with Crippen LogP contribution in [0.3, 0.4) is 0 Å². The number of aliphatic hydroxyl groups is 4. The molecule has 11 N–H and O–H groups in total. The Kier molecular flexibility index (Phi) is 17.0. The van der Waals surface area contributed by atoms with E-state index >= 15 is 0 Å². The maximum absolute atomic E-state index is 13.4. The van der Waals surface area contributed by atoms with Crippen molar-refractivity contribution in [1.29, 1.82) is 0 Å². The smallest absolute Gasteiger partial charge is 0.303 e. The SMILES string of the molecule is CC[C@H](C)[C@H](NC(=O)[C@@H](N)C(C)C)C(=O)N[C@@H](CC(C)C)C(=O)NC(CCC(O)C(=O)Nc1ccccc1CCC(=O)O)C(O)(O)O. The van der Waals surface area contributed by atoms with E-state index in [0.29, 0.717) is 12.0 Å². The van der Waals surface area contributed by atoms with E-state index in [1.165, 1.54) is 6.07 Å². The number of carboxylic acids is 1. The number of anilines is 1. The number of aryl methyl sites for hydroxylation is 1. The summed E-state index contributed by atoms with van der Waals surface area (Å²) < 4.78 is 0. The van der Waals surface area contributed by atoms with Gasteiger partial charge in [-0.05, 0) is 55.1 Å². The standard InChI is InChI=1S/C32H53N5O10/c1-7-19(6)27(37-30(43)26(33)18(4)5)31(44)35-22(16-17(2)3)28(41)36-24(32(45,46)47)14-13-23(38)29(42)34-21-11-9-8-10-20(21)12-15-25(39)40/h8-11,17-19,22-24,26-27,38,45-47H,7,12-16,33H2,1-6H3,(H,34,42)(H,35,44)(H,36,41)(H,37,43)(H,39,40)/t19-,22-,23?,24?,26-,27-/m0/s1. The highest BCUT2D eigenvalue weighted by Crippen LogP contribution is 2.19. The van der Waals surface area contributed by atoms with Gasteiger partial charge in [0.1, 0.15) is 24.2 Å². The second-order valence-electron chi connectivity index (χ2n) is 12.7. The summed E-state index contributed by atoms with van der Waals surface area (Å²) in [5.74, 6) is -8.05.